The highest BCUT2D eigenvalue weighted by atomic mass is 32.2. The first-order valence-electron chi connectivity index (χ1n) is 5.14. The zero-order valence-corrected chi connectivity index (χ0v) is 9.72. The number of hydrogen-bond acceptors (Lipinski definition) is 3. The zero-order valence-electron chi connectivity index (χ0n) is 8.90. The van der Waals surface area contributed by atoms with E-state index in [1.807, 2.05) is 0 Å². The van der Waals surface area contributed by atoms with Crippen molar-refractivity contribution in [2.24, 2.45) is 0 Å². The van der Waals surface area contributed by atoms with Crippen LogP contribution in [0.4, 0.5) is 0 Å². The Hall–Kier alpha value is -0.510. The summed E-state index contributed by atoms with van der Waals surface area (Å²) in [6.45, 7) is 1.57. The minimum Gasteiger partial charge on any atom is -0.395 e. The molecule has 0 amide bonds. The molecule has 3 heteroatoms. The van der Waals surface area contributed by atoms with Crippen LogP contribution in [0.2, 0.25) is 0 Å². The summed E-state index contributed by atoms with van der Waals surface area (Å²) in [6, 6.07) is 8.43. The molecular weight excluding hydrogens is 208 g/mol. The molecule has 0 bridgehead atoms. The molecule has 82 valence electrons. The molecule has 0 radical (unpaired) electrons. The second-order valence-corrected chi connectivity index (χ2v) is 4.85. The molecule has 1 aliphatic rings. The number of ether oxygens (including phenoxy) is 1. The van der Waals surface area contributed by atoms with E-state index in [-0.39, 0.29) is 12.0 Å². The fourth-order valence-corrected chi connectivity index (χ4v) is 2.40. The van der Waals surface area contributed by atoms with Crippen molar-refractivity contribution in [2.75, 3.05) is 26.1 Å². The Labute approximate surface area is 94.6 Å². The van der Waals surface area contributed by atoms with Crippen molar-refractivity contribution in [2.45, 2.75) is 16.7 Å². The first-order chi connectivity index (χ1) is 7.30. The summed E-state index contributed by atoms with van der Waals surface area (Å²) in [5.74, 6) is 0. The Morgan fingerprint density at radius 3 is 2.60 bits per heavy atom. The number of aliphatic hydroxyl groups excluding tert-OH is 1. The molecule has 2 nitrogen and oxygen atoms in total. The van der Waals surface area contributed by atoms with Crippen LogP contribution < -0.4 is 0 Å². The molecule has 15 heavy (non-hydrogen) atoms. The van der Waals surface area contributed by atoms with Gasteiger partial charge in [0.15, 0.2) is 0 Å². The average Bonchev–Trinajstić information content (AvgIpc) is 2.79. The molecule has 1 aliphatic heterocycles. The van der Waals surface area contributed by atoms with Gasteiger partial charge in [0.05, 0.1) is 13.2 Å². The molecule has 1 fully saturated rings. The van der Waals surface area contributed by atoms with E-state index in [2.05, 4.69) is 30.5 Å². The van der Waals surface area contributed by atoms with E-state index in [4.69, 9.17) is 4.74 Å². The average molecular weight is 224 g/mol. The van der Waals surface area contributed by atoms with Crippen molar-refractivity contribution in [3.8, 4) is 0 Å². The van der Waals surface area contributed by atoms with Crippen molar-refractivity contribution in [3.63, 3.8) is 0 Å². The van der Waals surface area contributed by atoms with Crippen LogP contribution in [0.3, 0.4) is 0 Å². The third kappa shape index (κ3) is 2.05. The maximum Gasteiger partial charge on any atom is 0.0585 e. The van der Waals surface area contributed by atoms with Gasteiger partial charge in [0.25, 0.3) is 0 Å². The Morgan fingerprint density at radius 2 is 2.13 bits per heavy atom. The molecule has 1 N–H and O–H groups in total. The first-order valence-corrected chi connectivity index (χ1v) is 6.36. The summed E-state index contributed by atoms with van der Waals surface area (Å²) < 4.78 is 5.40. The van der Waals surface area contributed by atoms with Crippen LogP contribution in [0.1, 0.15) is 12.0 Å². The van der Waals surface area contributed by atoms with Crippen LogP contribution in [0.25, 0.3) is 0 Å². The van der Waals surface area contributed by atoms with Gasteiger partial charge in [0.2, 0.25) is 0 Å². The van der Waals surface area contributed by atoms with E-state index in [0.29, 0.717) is 6.61 Å². The van der Waals surface area contributed by atoms with E-state index in [1.54, 1.807) is 11.8 Å². The third-order valence-corrected chi connectivity index (χ3v) is 3.85. The smallest absolute Gasteiger partial charge is 0.0585 e. The molecule has 0 aromatic heterocycles. The van der Waals surface area contributed by atoms with Crippen LogP contribution in [-0.2, 0) is 10.2 Å². The molecule has 0 spiro atoms. The highest BCUT2D eigenvalue weighted by Gasteiger charge is 2.35. The van der Waals surface area contributed by atoms with Gasteiger partial charge in [-0.05, 0) is 30.4 Å². The van der Waals surface area contributed by atoms with Gasteiger partial charge in [-0.3, -0.25) is 0 Å². The van der Waals surface area contributed by atoms with Crippen LogP contribution >= 0.6 is 11.8 Å². The largest absolute Gasteiger partial charge is 0.395 e. The van der Waals surface area contributed by atoms with E-state index in [1.165, 1.54) is 10.5 Å². The van der Waals surface area contributed by atoms with Gasteiger partial charge >= 0.3 is 0 Å². The van der Waals surface area contributed by atoms with Gasteiger partial charge in [-0.25, -0.2) is 0 Å². The quantitative estimate of drug-likeness (QED) is 0.797. The molecule has 2 rings (SSSR count). The van der Waals surface area contributed by atoms with Crippen molar-refractivity contribution < 1.29 is 9.84 Å². The minimum atomic E-state index is -0.156. The number of thioether (sulfide) groups is 1. The Morgan fingerprint density at radius 1 is 1.40 bits per heavy atom. The summed E-state index contributed by atoms with van der Waals surface area (Å²) in [7, 11) is 0. The lowest BCUT2D eigenvalue weighted by atomic mass is 9.81. The third-order valence-electron chi connectivity index (χ3n) is 3.11. The molecule has 1 unspecified atom stereocenters. The number of hydrogen-bond donors (Lipinski definition) is 1. The van der Waals surface area contributed by atoms with Crippen LogP contribution in [0.5, 0.6) is 0 Å². The van der Waals surface area contributed by atoms with Gasteiger partial charge in [-0.2, -0.15) is 0 Å². The highest BCUT2D eigenvalue weighted by Crippen LogP contribution is 2.33. The van der Waals surface area contributed by atoms with Crippen molar-refractivity contribution >= 4 is 11.8 Å². The van der Waals surface area contributed by atoms with Crippen molar-refractivity contribution in [3.05, 3.63) is 29.8 Å². The number of rotatable bonds is 3. The maximum absolute atomic E-state index is 9.51. The second-order valence-electron chi connectivity index (χ2n) is 3.97. The Kier molecular flexibility index (Phi) is 3.34. The highest BCUT2D eigenvalue weighted by molar-refractivity contribution is 7.98. The summed E-state index contributed by atoms with van der Waals surface area (Å²) in [6.07, 6.45) is 2.98. The summed E-state index contributed by atoms with van der Waals surface area (Å²) in [5, 5.41) is 9.51. The molecule has 1 atom stereocenters. The minimum absolute atomic E-state index is 0.156. The van der Waals surface area contributed by atoms with E-state index >= 15 is 0 Å². The zero-order chi connectivity index (χ0) is 10.7. The van der Waals surface area contributed by atoms with Crippen molar-refractivity contribution in [1.82, 2.24) is 0 Å². The Balaban J connectivity index is 2.26. The van der Waals surface area contributed by atoms with Crippen LogP contribution in [0.15, 0.2) is 29.2 Å². The first kappa shape index (κ1) is 11.0. The van der Waals surface area contributed by atoms with Gasteiger partial charge in [0, 0.05) is 16.9 Å². The molecule has 1 heterocycles. The molecule has 1 aromatic rings. The molecule has 0 saturated carbocycles. The van der Waals surface area contributed by atoms with Gasteiger partial charge in [-0.15, -0.1) is 11.8 Å². The number of aliphatic hydroxyl groups is 1. The van der Waals surface area contributed by atoms with E-state index in [0.717, 1.165) is 13.0 Å². The molecular formula is C12H16O2S. The SMILES string of the molecule is CSc1ccc(C2(CO)CCOC2)cc1. The van der Waals surface area contributed by atoms with Crippen LogP contribution in [0, 0.1) is 0 Å². The van der Waals surface area contributed by atoms with Gasteiger partial charge < -0.3 is 9.84 Å². The lowest BCUT2D eigenvalue weighted by molar-refractivity contribution is 0.140. The predicted octanol–water partition coefficient (Wildman–Crippen LogP) is 2.06. The lowest BCUT2D eigenvalue weighted by Gasteiger charge is -2.25. The molecule has 1 aromatic carbocycles. The standard InChI is InChI=1S/C12H16O2S/c1-15-11-4-2-10(3-5-11)12(8-13)6-7-14-9-12/h2-5,13H,6-9H2,1H3. The summed E-state index contributed by atoms with van der Waals surface area (Å²) in [5.41, 5.74) is 1.04. The van der Waals surface area contributed by atoms with Gasteiger partial charge in [-0.1, -0.05) is 12.1 Å². The van der Waals surface area contributed by atoms with E-state index in [9.17, 15) is 5.11 Å². The molecule has 1 saturated heterocycles. The molecule has 0 aliphatic carbocycles. The normalized spacial score (nSPS) is 25.7. The monoisotopic (exact) mass is 224 g/mol. The maximum atomic E-state index is 9.51. The lowest BCUT2D eigenvalue weighted by Crippen LogP contribution is -2.30. The Bertz CT molecular complexity index is 315. The van der Waals surface area contributed by atoms with E-state index < -0.39 is 0 Å². The summed E-state index contributed by atoms with van der Waals surface area (Å²) >= 11 is 1.73. The fraction of sp³-hybridized carbons (Fsp3) is 0.500. The number of benzene rings is 1. The fourth-order valence-electron chi connectivity index (χ4n) is 2.00. The summed E-state index contributed by atoms with van der Waals surface area (Å²) in [4.78, 5) is 1.26. The van der Waals surface area contributed by atoms with Gasteiger partial charge in [0.1, 0.15) is 0 Å². The second kappa shape index (κ2) is 4.56. The predicted molar refractivity (Wildman–Crippen MR) is 62.4 cm³/mol. The topological polar surface area (TPSA) is 29.5 Å². The van der Waals surface area contributed by atoms with Crippen molar-refractivity contribution in [1.29, 1.82) is 0 Å². The van der Waals surface area contributed by atoms with Crippen LogP contribution in [-0.4, -0.2) is 31.2 Å².